The van der Waals surface area contributed by atoms with Gasteiger partial charge in [-0.1, -0.05) is 24.3 Å². The Kier molecular flexibility index (Phi) is 3.20. The lowest BCUT2D eigenvalue weighted by molar-refractivity contribution is -0.144. The summed E-state index contributed by atoms with van der Waals surface area (Å²) in [5.41, 5.74) is 1.06. The van der Waals surface area contributed by atoms with E-state index in [1.807, 2.05) is 24.3 Å². The largest absolute Gasteiger partial charge is 0.479 e. The molecule has 1 saturated carbocycles. The van der Waals surface area contributed by atoms with Gasteiger partial charge in [-0.2, -0.15) is 0 Å². The summed E-state index contributed by atoms with van der Waals surface area (Å²) in [6.45, 7) is 5.76. The highest BCUT2D eigenvalue weighted by molar-refractivity contribution is 5.83. The van der Waals surface area contributed by atoms with Crippen molar-refractivity contribution in [2.24, 2.45) is 0 Å². The van der Waals surface area contributed by atoms with Crippen molar-refractivity contribution < 1.29 is 19.4 Å². The van der Waals surface area contributed by atoms with Crippen LogP contribution >= 0.6 is 0 Å². The van der Waals surface area contributed by atoms with E-state index in [4.69, 9.17) is 4.74 Å². The summed E-state index contributed by atoms with van der Waals surface area (Å²) in [5, 5.41) is 9.64. The molecule has 22 heavy (non-hydrogen) atoms. The zero-order chi connectivity index (χ0) is 16.1. The summed E-state index contributed by atoms with van der Waals surface area (Å²) >= 11 is 0. The fourth-order valence-electron chi connectivity index (χ4n) is 3.22. The third-order valence-electron chi connectivity index (χ3n) is 4.33. The van der Waals surface area contributed by atoms with Crippen molar-refractivity contribution in [3.8, 4) is 0 Å². The summed E-state index contributed by atoms with van der Waals surface area (Å²) in [4.78, 5) is 25.7. The zero-order valence-electron chi connectivity index (χ0n) is 13.1. The molecule has 1 atom stereocenters. The van der Waals surface area contributed by atoms with E-state index in [0.717, 1.165) is 18.4 Å². The average molecular weight is 303 g/mol. The van der Waals surface area contributed by atoms with Crippen LogP contribution in [0.3, 0.4) is 0 Å². The van der Waals surface area contributed by atoms with Gasteiger partial charge in [-0.05, 0) is 44.7 Å². The summed E-state index contributed by atoms with van der Waals surface area (Å²) < 4.78 is 5.42. The highest BCUT2D eigenvalue weighted by Gasteiger charge is 2.54. The minimum atomic E-state index is -1.02. The maximum Gasteiger partial charge on any atom is 0.411 e. The minimum Gasteiger partial charge on any atom is -0.479 e. The Morgan fingerprint density at radius 2 is 1.91 bits per heavy atom. The number of hydrogen-bond donors (Lipinski definition) is 1. The Hall–Kier alpha value is -2.04. The van der Waals surface area contributed by atoms with E-state index < -0.39 is 23.7 Å². The number of fused-ring (bicyclic) bond motifs is 2. The summed E-state index contributed by atoms with van der Waals surface area (Å²) in [5.74, 6) is -1.02. The molecule has 5 heteroatoms. The molecule has 5 nitrogen and oxygen atoms in total. The predicted octanol–water partition coefficient (Wildman–Crippen LogP) is 3.09. The molecule has 1 heterocycles. The van der Waals surface area contributed by atoms with E-state index in [1.54, 1.807) is 20.8 Å². The first-order chi connectivity index (χ1) is 10.2. The quantitative estimate of drug-likeness (QED) is 0.865. The predicted molar refractivity (Wildman–Crippen MR) is 80.7 cm³/mol. The molecular weight excluding hydrogens is 282 g/mol. The van der Waals surface area contributed by atoms with Gasteiger partial charge in [0.25, 0.3) is 0 Å². The molecule has 0 radical (unpaired) electrons. The molecule has 1 fully saturated rings. The second-order valence-corrected chi connectivity index (χ2v) is 7.22. The number of amides is 1. The highest BCUT2D eigenvalue weighted by atomic mass is 16.6. The molecule has 1 aliphatic heterocycles. The first-order valence-corrected chi connectivity index (χ1v) is 7.55. The van der Waals surface area contributed by atoms with Crippen molar-refractivity contribution in [3.05, 3.63) is 35.4 Å². The van der Waals surface area contributed by atoms with E-state index >= 15 is 0 Å². The van der Waals surface area contributed by atoms with E-state index in [0.29, 0.717) is 12.1 Å². The second kappa shape index (κ2) is 4.73. The number of carboxylic acids is 1. The summed E-state index contributed by atoms with van der Waals surface area (Å²) in [6.07, 6.45) is 1.41. The lowest BCUT2D eigenvalue weighted by atomic mass is 9.83. The van der Waals surface area contributed by atoms with Crippen LogP contribution in [-0.2, 0) is 14.9 Å². The first-order valence-electron chi connectivity index (χ1n) is 7.55. The first kappa shape index (κ1) is 14.9. The molecule has 2 aliphatic rings. The molecule has 1 spiro atoms. The summed E-state index contributed by atoms with van der Waals surface area (Å²) in [6, 6.07) is 6.58. The van der Waals surface area contributed by atoms with Crippen molar-refractivity contribution in [3.63, 3.8) is 0 Å². The number of rotatable bonds is 1. The summed E-state index contributed by atoms with van der Waals surface area (Å²) in [7, 11) is 0. The smallest absolute Gasteiger partial charge is 0.411 e. The molecule has 1 amide bonds. The van der Waals surface area contributed by atoms with Crippen LogP contribution in [0.5, 0.6) is 0 Å². The lowest BCUT2D eigenvalue weighted by Crippen LogP contribution is -2.49. The average Bonchev–Trinajstić information content (AvgIpc) is 3.16. The maximum absolute atomic E-state index is 12.5. The van der Waals surface area contributed by atoms with Crippen LogP contribution in [0.2, 0.25) is 0 Å². The van der Waals surface area contributed by atoms with Gasteiger partial charge in [0.05, 0.1) is 0 Å². The Morgan fingerprint density at radius 3 is 2.45 bits per heavy atom. The van der Waals surface area contributed by atoms with Crippen molar-refractivity contribution in [2.75, 3.05) is 6.54 Å². The van der Waals surface area contributed by atoms with Gasteiger partial charge in [-0.15, -0.1) is 0 Å². The number of hydrogen-bond acceptors (Lipinski definition) is 3. The Morgan fingerprint density at radius 1 is 1.27 bits per heavy atom. The Bertz CT molecular complexity index is 628. The van der Waals surface area contributed by atoms with Crippen LogP contribution in [0.4, 0.5) is 4.79 Å². The Balaban J connectivity index is 2.01. The van der Waals surface area contributed by atoms with Crippen molar-refractivity contribution in [1.29, 1.82) is 0 Å². The number of aliphatic carboxylic acids is 1. The number of nitrogens with zero attached hydrogens (tertiary/aromatic N) is 1. The maximum atomic E-state index is 12.5. The van der Waals surface area contributed by atoms with Gasteiger partial charge in [0.2, 0.25) is 0 Å². The molecule has 0 bridgehead atoms. The van der Waals surface area contributed by atoms with Crippen LogP contribution in [0.25, 0.3) is 0 Å². The van der Waals surface area contributed by atoms with Gasteiger partial charge < -0.3 is 9.84 Å². The number of carbonyl (C=O) groups excluding carboxylic acids is 1. The monoisotopic (exact) mass is 303 g/mol. The standard InChI is InChI=1S/C17H21NO4/c1-16(2,3)22-15(21)18-10-17(8-9-17)12-7-5-4-6-11(12)13(18)14(19)20/h4-7,13H,8-10H2,1-3H3,(H,19,20). The molecule has 1 aliphatic carbocycles. The molecule has 1 aromatic rings. The van der Waals surface area contributed by atoms with Gasteiger partial charge in [-0.25, -0.2) is 9.59 Å². The van der Waals surface area contributed by atoms with Gasteiger partial charge in [0.15, 0.2) is 6.04 Å². The molecule has 3 rings (SSSR count). The van der Waals surface area contributed by atoms with Crippen LogP contribution in [0.15, 0.2) is 24.3 Å². The normalized spacial score (nSPS) is 22.1. The van der Waals surface area contributed by atoms with Crippen molar-refractivity contribution >= 4 is 12.1 Å². The SMILES string of the molecule is CC(C)(C)OC(=O)N1CC2(CC2)c2ccccc2C1C(=O)O. The van der Waals surface area contributed by atoms with E-state index in [2.05, 4.69) is 0 Å². The van der Waals surface area contributed by atoms with E-state index in [1.165, 1.54) is 4.90 Å². The fraction of sp³-hybridized carbons (Fsp3) is 0.529. The Labute approximate surface area is 129 Å². The van der Waals surface area contributed by atoms with Crippen LogP contribution in [-0.4, -0.2) is 34.2 Å². The van der Waals surface area contributed by atoms with Crippen molar-refractivity contribution in [1.82, 2.24) is 4.90 Å². The van der Waals surface area contributed by atoms with Gasteiger partial charge in [-0.3, -0.25) is 4.90 Å². The lowest BCUT2D eigenvalue weighted by Gasteiger charge is -2.40. The zero-order valence-corrected chi connectivity index (χ0v) is 13.1. The highest BCUT2D eigenvalue weighted by Crippen LogP contribution is 2.54. The van der Waals surface area contributed by atoms with E-state index in [9.17, 15) is 14.7 Å². The molecule has 0 saturated heterocycles. The van der Waals surface area contributed by atoms with Gasteiger partial charge >= 0.3 is 12.1 Å². The molecule has 0 aromatic heterocycles. The molecule has 1 unspecified atom stereocenters. The molecular formula is C17H21NO4. The van der Waals surface area contributed by atoms with Crippen LogP contribution < -0.4 is 0 Å². The minimum absolute atomic E-state index is 0.0839. The number of ether oxygens (including phenoxy) is 1. The third kappa shape index (κ3) is 2.45. The van der Waals surface area contributed by atoms with Gasteiger partial charge in [0.1, 0.15) is 5.60 Å². The topological polar surface area (TPSA) is 66.8 Å². The van der Waals surface area contributed by atoms with Crippen molar-refractivity contribution in [2.45, 2.75) is 50.7 Å². The van der Waals surface area contributed by atoms with E-state index in [-0.39, 0.29) is 5.41 Å². The van der Waals surface area contributed by atoms with Crippen LogP contribution in [0, 0.1) is 0 Å². The molecule has 1 N–H and O–H groups in total. The van der Waals surface area contributed by atoms with Gasteiger partial charge in [0, 0.05) is 12.0 Å². The third-order valence-corrected chi connectivity index (χ3v) is 4.33. The number of benzene rings is 1. The number of carbonyl (C=O) groups is 2. The molecule has 1 aromatic carbocycles. The second-order valence-electron chi connectivity index (χ2n) is 7.22. The number of carboxylic acid groups (broad SMARTS) is 1. The van der Waals surface area contributed by atoms with Crippen LogP contribution in [0.1, 0.15) is 50.8 Å². The fourth-order valence-corrected chi connectivity index (χ4v) is 3.22. The molecule has 118 valence electrons.